The highest BCUT2D eigenvalue weighted by Gasteiger charge is 2.34. The smallest absolute Gasteiger partial charge is 0.264 e. The molecule has 3 aromatic carbocycles. The van der Waals surface area contributed by atoms with Gasteiger partial charge in [0.15, 0.2) is 0 Å². The molecule has 0 fully saturated rings. The van der Waals surface area contributed by atoms with E-state index in [4.69, 9.17) is 23.2 Å². The molecule has 0 aromatic heterocycles. The molecule has 3 rings (SSSR count). The van der Waals surface area contributed by atoms with Gasteiger partial charge in [-0.05, 0) is 67.8 Å². The van der Waals surface area contributed by atoms with Gasteiger partial charge in [-0.25, -0.2) is 8.42 Å². The molecule has 0 bridgehead atoms. The minimum Gasteiger partial charge on any atom is -0.355 e. The number of hydrogen-bond acceptors (Lipinski definition) is 4. The average molecular weight is 577 g/mol. The topological polar surface area (TPSA) is 86.8 Å². The number of anilines is 1. The van der Waals surface area contributed by atoms with Crippen LogP contribution >= 0.6 is 23.2 Å². The number of nitrogens with zero attached hydrogens (tertiary/aromatic N) is 2. The molecule has 10 heteroatoms. The van der Waals surface area contributed by atoms with E-state index in [2.05, 4.69) is 5.32 Å². The van der Waals surface area contributed by atoms with Gasteiger partial charge >= 0.3 is 0 Å². The highest BCUT2D eigenvalue weighted by molar-refractivity contribution is 7.92. The zero-order valence-electron chi connectivity index (χ0n) is 21.5. The Morgan fingerprint density at radius 3 is 2.21 bits per heavy atom. The number of rotatable bonds is 11. The van der Waals surface area contributed by atoms with Crippen LogP contribution in [0.2, 0.25) is 10.0 Å². The quantitative estimate of drug-likeness (QED) is 0.330. The Morgan fingerprint density at radius 2 is 1.61 bits per heavy atom. The third-order valence-electron chi connectivity index (χ3n) is 6.07. The van der Waals surface area contributed by atoms with Gasteiger partial charge in [-0.2, -0.15) is 0 Å². The maximum Gasteiger partial charge on any atom is 0.264 e. The maximum atomic E-state index is 14.0. The third kappa shape index (κ3) is 6.87. The Kier molecular flexibility index (Phi) is 10.2. The fourth-order valence-electron chi connectivity index (χ4n) is 4.15. The molecule has 7 nitrogen and oxygen atoms in total. The molecule has 0 radical (unpaired) electrons. The monoisotopic (exact) mass is 575 g/mol. The molecule has 38 heavy (non-hydrogen) atoms. The van der Waals surface area contributed by atoms with Crippen LogP contribution in [0.4, 0.5) is 5.69 Å². The molecule has 0 heterocycles. The van der Waals surface area contributed by atoms with Gasteiger partial charge in [-0.1, -0.05) is 66.5 Å². The van der Waals surface area contributed by atoms with Crippen molar-refractivity contribution in [3.8, 4) is 0 Å². The largest absolute Gasteiger partial charge is 0.355 e. The molecule has 0 saturated carbocycles. The van der Waals surface area contributed by atoms with Crippen LogP contribution in [0.1, 0.15) is 31.4 Å². The summed E-state index contributed by atoms with van der Waals surface area (Å²) in [7, 11) is -4.15. The first-order valence-corrected chi connectivity index (χ1v) is 14.4. The number of likely N-dealkylation sites (N-methyl/N-ethyl adjacent to an activating group) is 1. The minimum atomic E-state index is -4.15. The zero-order chi connectivity index (χ0) is 27.9. The van der Waals surface area contributed by atoms with Crippen molar-refractivity contribution in [1.29, 1.82) is 0 Å². The van der Waals surface area contributed by atoms with E-state index in [9.17, 15) is 18.0 Å². The number of aryl methyl sites for hydroxylation is 1. The van der Waals surface area contributed by atoms with Gasteiger partial charge in [-0.15, -0.1) is 0 Å². The molecule has 0 unspecified atom stereocenters. The van der Waals surface area contributed by atoms with Gasteiger partial charge < -0.3 is 10.2 Å². The Balaban J connectivity index is 2.10. The summed E-state index contributed by atoms with van der Waals surface area (Å²) < 4.78 is 28.7. The maximum absolute atomic E-state index is 14.0. The molecular weight excluding hydrogens is 545 g/mol. The minimum absolute atomic E-state index is 0.0347. The molecule has 3 aromatic rings. The number of sulfonamides is 1. The highest BCUT2D eigenvalue weighted by atomic mass is 35.5. The first-order valence-electron chi connectivity index (χ1n) is 12.2. The second kappa shape index (κ2) is 13.1. The van der Waals surface area contributed by atoms with Crippen LogP contribution in [-0.4, -0.2) is 44.3 Å². The van der Waals surface area contributed by atoms with Crippen LogP contribution in [-0.2, 0) is 26.2 Å². The molecule has 202 valence electrons. The molecule has 0 aliphatic carbocycles. The molecule has 1 atom stereocenters. The molecule has 2 amide bonds. The van der Waals surface area contributed by atoms with Gasteiger partial charge in [0.1, 0.15) is 12.6 Å². The third-order valence-corrected chi connectivity index (χ3v) is 8.45. The van der Waals surface area contributed by atoms with Gasteiger partial charge in [-0.3, -0.25) is 13.9 Å². The predicted molar refractivity (Wildman–Crippen MR) is 152 cm³/mol. The van der Waals surface area contributed by atoms with Gasteiger partial charge in [0, 0.05) is 23.1 Å². The molecular formula is C28H31Cl2N3O4S. The lowest BCUT2D eigenvalue weighted by Crippen LogP contribution is -2.52. The Hall–Kier alpha value is -3.07. The number of benzene rings is 3. The van der Waals surface area contributed by atoms with Crippen LogP contribution in [0.25, 0.3) is 0 Å². The zero-order valence-corrected chi connectivity index (χ0v) is 23.9. The van der Waals surface area contributed by atoms with Crippen LogP contribution < -0.4 is 9.62 Å². The van der Waals surface area contributed by atoms with Crippen molar-refractivity contribution in [3.05, 3.63) is 94.0 Å². The molecule has 0 aliphatic rings. The van der Waals surface area contributed by atoms with Crippen LogP contribution in [0.5, 0.6) is 0 Å². The fourth-order valence-corrected chi connectivity index (χ4v) is 6.08. The average Bonchev–Trinajstić information content (AvgIpc) is 2.89. The second-order valence-electron chi connectivity index (χ2n) is 8.69. The molecule has 0 spiro atoms. The Labute approximate surface area is 234 Å². The van der Waals surface area contributed by atoms with E-state index in [1.54, 1.807) is 81.4 Å². The lowest BCUT2D eigenvalue weighted by Gasteiger charge is -2.33. The summed E-state index contributed by atoms with van der Waals surface area (Å²) in [4.78, 5) is 28.4. The number of carbonyl (C=O) groups excluding carboxylic acids is 2. The van der Waals surface area contributed by atoms with E-state index in [0.717, 1.165) is 4.31 Å². The SMILES string of the molecule is CCNC(=O)[C@H](CC)N(Cc1ccccc1Cl)C(=O)CN(c1ccc(Cl)cc1C)S(=O)(=O)c1ccccc1. The van der Waals surface area contributed by atoms with Crippen molar-refractivity contribution in [3.63, 3.8) is 0 Å². The summed E-state index contributed by atoms with van der Waals surface area (Å²) in [6, 6.07) is 18.9. The Bertz CT molecular complexity index is 1380. The van der Waals surface area contributed by atoms with Crippen molar-refractivity contribution in [1.82, 2.24) is 10.2 Å². The van der Waals surface area contributed by atoms with Crippen LogP contribution in [0.3, 0.4) is 0 Å². The number of halogens is 2. The number of nitrogens with one attached hydrogen (secondary N) is 1. The normalized spacial score (nSPS) is 12.0. The summed E-state index contributed by atoms with van der Waals surface area (Å²) in [5.41, 5.74) is 1.54. The van der Waals surface area contributed by atoms with Gasteiger partial charge in [0.25, 0.3) is 10.0 Å². The van der Waals surface area contributed by atoms with Crippen LogP contribution in [0.15, 0.2) is 77.7 Å². The summed E-state index contributed by atoms with van der Waals surface area (Å²) in [6.07, 6.45) is 0.327. The van der Waals surface area contributed by atoms with Crippen LogP contribution in [0, 0.1) is 6.92 Å². The first-order chi connectivity index (χ1) is 18.1. The van der Waals surface area contributed by atoms with E-state index in [0.29, 0.717) is 39.8 Å². The summed E-state index contributed by atoms with van der Waals surface area (Å²) >= 11 is 12.5. The standard InChI is InChI=1S/C28H31Cl2N3O4S/c1-4-25(28(35)31-5-2)32(18-21-11-9-10-14-24(21)30)27(34)19-33(26-16-15-22(29)17-20(26)3)38(36,37)23-12-7-6-8-13-23/h6-17,25H,4-5,18-19H2,1-3H3,(H,31,35)/t25-/m0/s1. The van der Waals surface area contributed by atoms with Gasteiger partial charge in [0.2, 0.25) is 11.8 Å². The molecule has 0 saturated heterocycles. The summed E-state index contributed by atoms with van der Waals surface area (Å²) in [5.74, 6) is -0.868. The fraction of sp³-hybridized carbons (Fsp3) is 0.286. The number of carbonyl (C=O) groups is 2. The lowest BCUT2D eigenvalue weighted by atomic mass is 10.1. The second-order valence-corrected chi connectivity index (χ2v) is 11.4. The van der Waals surface area contributed by atoms with Gasteiger partial charge in [0.05, 0.1) is 10.6 Å². The van der Waals surface area contributed by atoms with E-state index in [-0.39, 0.29) is 17.3 Å². The Morgan fingerprint density at radius 1 is 0.947 bits per heavy atom. The van der Waals surface area contributed by atoms with E-state index in [1.807, 2.05) is 0 Å². The predicted octanol–water partition coefficient (Wildman–Crippen LogP) is 5.44. The van der Waals surface area contributed by atoms with Crippen molar-refractivity contribution >= 4 is 50.7 Å². The van der Waals surface area contributed by atoms with Crippen molar-refractivity contribution < 1.29 is 18.0 Å². The highest BCUT2D eigenvalue weighted by Crippen LogP contribution is 2.29. The van der Waals surface area contributed by atoms with Crippen molar-refractivity contribution in [2.75, 3.05) is 17.4 Å². The van der Waals surface area contributed by atoms with Crippen molar-refractivity contribution in [2.24, 2.45) is 0 Å². The molecule has 1 N–H and O–H groups in total. The number of hydrogen-bond donors (Lipinski definition) is 1. The van der Waals surface area contributed by atoms with Crippen molar-refractivity contribution in [2.45, 2.75) is 44.7 Å². The van der Waals surface area contributed by atoms with E-state index >= 15 is 0 Å². The summed E-state index contributed by atoms with van der Waals surface area (Å²) in [6.45, 7) is 5.22. The van der Waals surface area contributed by atoms with E-state index in [1.165, 1.54) is 17.0 Å². The lowest BCUT2D eigenvalue weighted by molar-refractivity contribution is -0.140. The molecule has 0 aliphatic heterocycles. The number of amides is 2. The first kappa shape index (κ1) is 29.5. The summed E-state index contributed by atoms with van der Waals surface area (Å²) in [5, 5.41) is 3.66. The van der Waals surface area contributed by atoms with E-state index < -0.39 is 28.5 Å².